The Morgan fingerprint density at radius 2 is 2.00 bits per heavy atom. The zero-order chi connectivity index (χ0) is 15.2. The number of carbonyl (C=O) groups is 1. The largest absolute Gasteiger partial charge is 1.00 e. The van der Waals surface area contributed by atoms with Crippen molar-refractivity contribution in [1.82, 2.24) is 9.55 Å². The van der Waals surface area contributed by atoms with Gasteiger partial charge in [0.25, 0.3) is 0 Å². The van der Waals surface area contributed by atoms with Gasteiger partial charge >= 0.3 is 0 Å². The Morgan fingerprint density at radius 1 is 1.32 bits per heavy atom. The van der Waals surface area contributed by atoms with Crippen LogP contribution in [0.4, 0.5) is 0 Å². The zero-order valence-electron chi connectivity index (χ0n) is 12.7. The number of nitrogens with zero attached hydrogens (tertiary/aromatic N) is 2. The summed E-state index contributed by atoms with van der Waals surface area (Å²) in [5, 5.41) is 7.84. The molecule has 1 heterocycles. The summed E-state index contributed by atoms with van der Waals surface area (Å²) < 4.78 is 7.09. The van der Waals surface area contributed by atoms with Crippen LogP contribution in [-0.4, -0.2) is 21.9 Å². The second-order valence-corrected chi connectivity index (χ2v) is 4.72. The topological polar surface area (TPSA) is 68.0 Å². The maximum Gasteiger partial charge on any atom is 0.182 e. The second kappa shape index (κ2) is 8.60. The minimum absolute atomic E-state index is 0. The lowest BCUT2D eigenvalue weighted by molar-refractivity contribution is -0.0000134. The fourth-order valence-corrected chi connectivity index (χ4v) is 1.99. The highest BCUT2D eigenvalue weighted by atomic mass is 79.9. The molecule has 0 fully saturated rings. The van der Waals surface area contributed by atoms with E-state index < -0.39 is 0 Å². The summed E-state index contributed by atoms with van der Waals surface area (Å²) >= 11 is 0. The van der Waals surface area contributed by atoms with Gasteiger partial charge in [0.05, 0.1) is 13.2 Å². The molecule has 6 heteroatoms. The molecule has 0 saturated carbocycles. The lowest BCUT2D eigenvalue weighted by atomic mass is 10.1. The zero-order valence-corrected chi connectivity index (χ0v) is 14.3. The smallest absolute Gasteiger partial charge is 0.182 e. The van der Waals surface area contributed by atoms with Crippen molar-refractivity contribution >= 4 is 5.78 Å². The molecular weight excluding hydrogens is 346 g/mol. The number of carbonyl (C=O) groups excluding carboxylic acids is 1. The molecule has 1 N–H and O–H groups in total. The standard InChI is InChI=1S/C16H19N3O2.BrH/c1-3-21-11-14-9-19(12(2)18-16(14)17)10-15(20)13-7-5-4-6-8-13;/h4-9,17H,3,10-11H2,1-2H3;1H/p-1. The van der Waals surface area contributed by atoms with Crippen molar-refractivity contribution < 1.29 is 26.5 Å². The summed E-state index contributed by atoms with van der Waals surface area (Å²) in [4.78, 5) is 16.4. The molecule has 0 unspecified atom stereocenters. The van der Waals surface area contributed by atoms with E-state index in [9.17, 15) is 4.79 Å². The number of hydrogen-bond donors (Lipinski definition) is 1. The van der Waals surface area contributed by atoms with E-state index in [1.807, 2.05) is 25.1 Å². The maximum absolute atomic E-state index is 12.2. The molecule has 0 aliphatic carbocycles. The van der Waals surface area contributed by atoms with Gasteiger partial charge in [-0.3, -0.25) is 10.2 Å². The summed E-state index contributed by atoms with van der Waals surface area (Å²) in [5.74, 6) is 0.662. The van der Waals surface area contributed by atoms with Gasteiger partial charge in [-0.15, -0.1) is 0 Å². The van der Waals surface area contributed by atoms with Crippen molar-refractivity contribution in [2.75, 3.05) is 6.61 Å². The first-order chi connectivity index (χ1) is 10.1. The highest BCUT2D eigenvalue weighted by Gasteiger charge is 2.09. The van der Waals surface area contributed by atoms with Gasteiger partial charge in [-0.2, -0.15) is 0 Å². The maximum atomic E-state index is 12.2. The quantitative estimate of drug-likeness (QED) is 0.675. The molecule has 22 heavy (non-hydrogen) atoms. The Labute approximate surface area is 140 Å². The van der Waals surface area contributed by atoms with E-state index >= 15 is 0 Å². The highest BCUT2D eigenvalue weighted by molar-refractivity contribution is 5.95. The van der Waals surface area contributed by atoms with Gasteiger partial charge in [0.1, 0.15) is 5.82 Å². The van der Waals surface area contributed by atoms with Gasteiger partial charge in [-0.1, -0.05) is 30.3 Å². The van der Waals surface area contributed by atoms with E-state index in [1.165, 1.54) is 0 Å². The predicted octanol–water partition coefficient (Wildman–Crippen LogP) is -0.906. The number of nitrogens with one attached hydrogen (secondary N) is 1. The minimum atomic E-state index is 0. The molecule has 2 rings (SSSR count). The monoisotopic (exact) mass is 364 g/mol. The van der Waals surface area contributed by atoms with Crippen LogP contribution >= 0.6 is 0 Å². The van der Waals surface area contributed by atoms with Gasteiger partial charge in [0.2, 0.25) is 0 Å². The third-order valence-corrected chi connectivity index (χ3v) is 3.18. The molecule has 0 spiro atoms. The van der Waals surface area contributed by atoms with Gasteiger partial charge in [0, 0.05) is 23.9 Å². The van der Waals surface area contributed by atoms with Crippen molar-refractivity contribution in [3.8, 4) is 0 Å². The summed E-state index contributed by atoms with van der Waals surface area (Å²) in [5.41, 5.74) is 1.55. The average Bonchev–Trinajstić information content (AvgIpc) is 2.49. The third kappa shape index (κ3) is 4.61. The first-order valence-electron chi connectivity index (χ1n) is 6.89. The fraction of sp³-hybridized carbons (Fsp3) is 0.312. The lowest BCUT2D eigenvalue weighted by Gasteiger charge is -2.12. The second-order valence-electron chi connectivity index (χ2n) is 4.72. The Morgan fingerprint density at radius 3 is 2.64 bits per heavy atom. The molecule has 118 valence electrons. The van der Waals surface area contributed by atoms with E-state index in [-0.39, 0.29) is 34.8 Å². The van der Waals surface area contributed by atoms with Crippen molar-refractivity contribution in [2.24, 2.45) is 0 Å². The van der Waals surface area contributed by atoms with Crippen LogP contribution in [0.5, 0.6) is 0 Å². The number of hydrogen-bond acceptors (Lipinski definition) is 4. The number of ether oxygens (including phenoxy) is 1. The SMILES string of the molecule is CCOCc1cn(CC(=O)c2ccccc2)c(C)nc1=N.[Br-]. The van der Waals surface area contributed by atoms with Crippen molar-refractivity contribution in [2.45, 2.75) is 27.0 Å². The molecule has 1 aromatic carbocycles. The van der Waals surface area contributed by atoms with Crippen LogP contribution in [0, 0.1) is 12.3 Å². The van der Waals surface area contributed by atoms with Crippen molar-refractivity contribution in [1.29, 1.82) is 5.41 Å². The van der Waals surface area contributed by atoms with Gasteiger partial charge in [-0.25, -0.2) is 4.98 Å². The number of ketones is 1. The molecule has 0 radical (unpaired) electrons. The summed E-state index contributed by atoms with van der Waals surface area (Å²) in [6, 6.07) is 9.16. The first kappa shape index (κ1) is 18.3. The number of halogens is 1. The van der Waals surface area contributed by atoms with E-state index in [2.05, 4.69) is 4.98 Å². The average molecular weight is 365 g/mol. The molecule has 0 bridgehead atoms. The van der Waals surface area contributed by atoms with Crippen LogP contribution in [0.25, 0.3) is 0 Å². The Hall–Kier alpha value is -1.79. The Bertz CT molecular complexity index is 684. The number of Topliss-reactive ketones (excluding diaryl/α,β-unsaturated/α-hetero) is 1. The molecule has 2 aromatic rings. The van der Waals surface area contributed by atoms with Crippen LogP contribution in [0.15, 0.2) is 36.5 Å². The van der Waals surface area contributed by atoms with E-state index in [4.69, 9.17) is 10.1 Å². The summed E-state index contributed by atoms with van der Waals surface area (Å²) in [6.45, 7) is 4.82. The van der Waals surface area contributed by atoms with Crippen LogP contribution in [-0.2, 0) is 17.9 Å². The van der Waals surface area contributed by atoms with E-state index in [1.54, 1.807) is 29.8 Å². The molecular formula is C16H19BrN3O2-. The van der Waals surface area contributed by atoms with E-state index in [0.29, 0.717) is 30.2 Å². The number of aromatic nitrogens is 2. The van der Waals surface area contributed by atoms with Crippen LogP contribution in [0.3, 0.4) is 0 Å². The molecule has 0 atom stereocenters. The molecule has 0 aliphatic rings. The Balaban J connectivity index is 0.00000242. The predicted molar refractivity (Wildman–Crippen MR) is 78.9 cm³/mol. The van der Waals surface area contributed by atoms with Crippen molar-refractivity contribution in [3.63, 3.8) is 0 Å². The summed E-state index contributed by atoms with van der Waals surface area (Å²) in [6.07, 6.45) is 1.78. The number of aryl methyl sites for hydroxylation is 1. The fourth-order valence-electron chi connectivity index (χ4n) is 1.99. The van der Waals surface area contributed by atoms with Crippen LogP contribution < -0.4 is 22.5 Å². The Kier molecular flexibility index (Phi) is 7.14. The highest BCUT2D eigenvalue weighted by Crippen LogP contribution is 2.05. The molecule has 5 nitrogen and oxygen atoms in total. The van der Waals surface area contributed by atoms with Crippen LogP contribution in [0.2, 0.25) is 0 Å². The normalized spacial score (nSPS) is 10.1. The van der Waals surface area contributed by atoms with E-state index in [0.717, 1.165) is 0 Å². The van der Waals surface area contributed by atoms with Gasteiger partial charge in [-0.05, 0) is 13.8 Å². The lowest BCUT2D eigenvalue weighted by Crippen LogP contribution is -3.00. The summed E-state index contributed by atoms with van der Waals surface area (Å²) in [7, 11) is 0. The third-order valence-electron chi connectivity index (χ3n) is 3.18. The number of benzene rings is 1. The van der Waals surface area contributed by atoms with Crippen molar-refractivity contribution in [3.05, 3.63) is 59.0 Å². The first-order valence-corrected chi connectivity index (χ1v) is 6.89. The molecule has 0 saturated heterocycles. The molecule has 0 aliphatic heterocycles. The minimum Gasteiger partial charge on any atom is -1.00 e. The number of rotatable bonds is 6. The molecule has 1 aromatic heterocycles. The van der Waals surface area contributed by atoms with Gasteiger partial charge < -0.3 is 26.3 Å². The molecule has 0 amide bonds. The van der Waals surface area contributed by atoms with Crippen LogP contribution in [0.1, 0.15) is 28.7 Å². The van der Waals surface area contributed by atoms with Gasteiger partial charge in [0.15, 0.2) is 11.3 Å².